The van der Waals surface area contributed by atoms with E-state index >= 15 is 0 Å². The number of benzene rings is 1. The maximum Gasteiger partial charge on any atom is 0.0720 e. The number of rotatable bonds is 8. The van der Waals surface area contributed by atoms with E-state index in [9.17, 15) is 5.11 Å². The van der Waals surface area contributed by atoms with Gasteiger partial charge in [-0.15, -0.1) is 0 Å². The van der Waals surface area contributed by atoms with Gasteiger partial charge in [0.2, 0.25) is 0 Å². The van der Waals surface area contributed by atoms with Crippen LogP contribution >= 0.6 is 0 Å². The van der Waals surface area contributed by atoms with Crippen molar-refractivity contribution in [1.82, 2.24) is 0 Å². The average molecular weight is 238 g/mol. The van der Waals surface area contributed by atoms with E-state index in [1.54, 1.807) is 6.92 Å². The first-order valence-electron chi connectivity index (χ1n) is 6.17. The Morgan fingerprint density at radius 1 is 1.24 bits per heavy atom. The third kappa shape index (κ3) is 6.41. The van der Waals surface area contributed by atoms with Gasteiger partial charge in [-0.05, 0) is 31.7 Å². The molecule has 2 N–H and O–H groups in total. The van der Waals surface area contributed by atoms with Crippen molar-refractivity contribution >= 4 is 0 Å². The van der Waals surface area contributed by atoms with Gasteiger partial charge in [0.05, 0.1) is 18.8 Å². The fourth-order valence-corrected chi connectivity index (χ4v) is 1.76. The summed E-state index contributed by atoms with van der Waals surface area (Å²) in [4.78, 5) is 0. The first-order chi connectivity index (χ1) is 8.22. The lowest BCUT2D eigenvalue weighted by Crippen LogP contribution is -2.19. The molecular weight excluding hydrogens is 216 g/mol. The summed E-state index contributed by atoms with van der Waals surface area (Å²) >= 11 is 0. The highest BCUT2D eigenvalue weighted by Crippen LogP contribution is 2.12. The summed E-state index contributed by atoms with van der Waals surface area (Å²) in [5.74, 6) is 0. The van der Waals surface area contributed by atoms with Crippen LogP contribution in [0.25, 0.3) is 0 Å². The van der Waals surface area contributed by atoms with Gasteiger partial charge in [-0.1, -0.05) is 30.3 Å². The number of aliphatic hydroxyl groups excluding tert-OH is 2. The van der Waals surface area contributed by atoms with Gasteiger partial charge >= 0.3 is 0 Å². The fraction of sp³-hybridized carbons (Fsp3) is 0.571. The molecule has 1 aromatic rings. The van der Waals surface area contributed by atoms with Crippen LogP contribution in [-0.4, -0.2) is 29.0 Å². The Morgan fingerprint density at radius 3 is 2.53 bits per heavy atom. The minimum atomic E-state index is -0.366. The molecule has 0 aliphatic carbocycles. The maximum absolute atomic E-state index is 9.38. The molecule has 0 radical (unpaired) electrons. The van der Waals surface area contributed by atoms with Crippen LogP contribution in [0.15, 0.2) is 30.3 Å². The van der Waals surface area contributed by atoms with Gasteiger partial charge in [0.25, 0.3) is 0 Å². The van der Waals surface area contributed by atoms with Crippen LogP contribution in [0.5, 0.6) is 0 Å². The summed E-state index contributed by atoms with van der Waals surface area (Å²) in [6.07, 6.45) is 1.77. The highest BCUT2D eigenvalue weighted by Gasteiger charge is 2.12. The van der Waals surface area contributed by atoms with Crippen molar-refractivity contribution in [3.63, 3.8) is 0 Å². The van der Waals surface area contributed by atoms with E-state index in [-0.39, 0.29) is 18.8 Å². The first-order valence-corrected chi connectivity index (χ1v) is 6.17. The van der Waals surface area contributed by atoms with E-state index in [1.807, 2.05) is 30.3 Å². The molecule has 0 aromatic heterocycles. The van der Waals surface area contributed by atoms with Crippen molar-refractivity contribution in [2.45, 2.75) is 45.0 Å². The molecule has 96 valence electrons. The van der Waals surface area contributed by atoms with Crippen LogP contribution in [0, 0.1) is 0 Å². The zero-order valence-corrected chi connectivity index (χ0v) is 10.4. The zero-order chi connectivity index (χ0) is 12.5. The Morgan fingerprint density at radius 2 is 1.94 bits per heavy atom. The predicted molar refractivity (Wildman–Crippen MR) is 67.6 cm³/mol. The summed E-state index contributed by atoms with van der Waals surface area (Å²) < 4.78 is 5.77. The van der Waals surface area contributed by atoms with Crippen LogP contribution in [0.3, 0.4) is 0 Å². The van der Waals surface area contributed by atoms with Gasteiger partial charge in [-0.25, -0.2) is 0 Å². The zero-order valence-electron chi connectivity index (χ0n) is 10.4. The van der Waals surface area contributed by atoms with Crippen molar-refractivity contribution in [2.75, 3.05) is 6.61 Å². The SMILES string of the molecule is CC(O)CC(CCCO)OCc1ccccc1. The van der Waals surface area contributed by atoms with Gasteiger partial charge in [-0.3, -0.25) is 0 Å². The van der Waals surface area contributed by atoms with Crippen molar-refractivity contribution in [3.8, 4) is 0 Å². The Hall–Kier alpha value is -0.900. The number of hydrogen-bond donors (Lipinski definition) is 2. The quantitative estimate of drug-likeness (QED) is 0.729. The maximum atomic E-state index is 9.38. The van der Waals surface area contributed by atoms with Crippen molar-refractivity contribution in [1.29, 1.82) is 0 Å². The smallest absolute Gasteiger partial charge is 0.0720 e. The largest absolute Gasteiger partial charge is 0.396 e. The molecule has 0 saturated carbocycles. The average Bonchev–Trinajstić information content (AvgIpc) is 2.33. The third-order valence-electron chi connectivity index (χ3n) is 2.62. The molecular formula is C14H22O3. The third-order valence-corrected chi connectivity index (χ3v) is 2.62. The number of hydrogen-bond acceptors (Lipinski definition) is 3. The molecule has 0 aliphatic rings. The minimum Gasteiger partial charge on any atom is -0.396 e. The highest BCUT2D eigenvalue weighted by molar-refractivity contribution is 5.13. The summed E-state index contributed by atoms with van der Waals surface area (Å²) in [7, 11) is 0. The van der Waals surface area contributed by atoms with Crippen molar-refractivity contribution < 1.29 is 14.9 Å². The second-order valence-corrected chi connectivity index (χ2v) is 4.37. The highest BCUT2D eigenvalue weighted by atomic mass is 16.5. The first kappa shape index (κ1) is 14.2. The Balaban J connectivity index is 2.37. The lowest BCUT2D eigenvalue weighted by Gasteiger charge is -2.19. The fourth-order valence-electron chi connectivity index (χ4n) is 1.76. The van der Waals surface area contributed by atoms with Gasteiger partial charge in [0.1, 0.15) is 0 Å². The van der Waals surface area contributed by atoms with Gasteiger partial charge in [0, 0.05) is 6.61 Å². The Labute approximate surface area is 103 Å². The predicted octanol–water partition coefficient (Wildman–Crippen LogP) is 2.12. The topological polar surface area (TPSA) is 49.7 Å². The molecule has 0 amide bonds. The molecule has 1 aromatic carbocycles. The van der Waals surface area contributed by atoms with E-state index in [2.05, 4.69) is 0 Å². The molecule has 0 heterocycles. The second kappa shape index (κ2) is 8.23. The van der Waals surface area contributed by atoms with E-state index in [1.165, 1.54) is 0 Å². The van der Waals surface area contributed by atoms with E-state index in [0.29, 0.717) is 19.4 Å². The normalized spacial score (nSPS) is 14.5. The molecule has 0 bridgehead atoms. The summed E-state index contributed by atoms with van der Waals surface area (Å²) in [5.41, 5.74) is 1.13. The molecule has 0 fully saturated rings. The van der Waals surface area contributed by atoms with Crippen LogP contribution < -0.4 is 0 Å². The van der Waals surface area contributed by atoms with Gasteiger partial charge in [-0.2, -0.15) is 0 Å². The minimum absolute atomic E-state index is 0.0161. The summed E-state index contributed by atoms with van der Waals surface area (Å²) in [6, 6.07) is 9.98. The molecule has 0 aliphatic heterocycles. The molecule has 3 heteroatoms. The molecule has 0 saturated heterocycles. The van der Waals surface area contributed by atoms with Crippen molar-refractivity contribution in [2.24, 2.45) is 0 Å². The summed E-state index contributed by atoms with van der Waals surface area (Å²) in [5, 5.41) is 18.2. The standard InChI is InChI=1S/C14H22O3/c1-12(16)10-14(8-5-9-15)17-11-13-6-3-2-4-7-13/h2-4,6-7,12,14-16H,5,8-11H2,1H3. The molecule has 0 spiro atoms. The number of aliphatic hydroxyl groups is 2. The summed E-state index contributed by atoms with van der Waals surface area (Å²) in [6.45, 7) is 2.49. The van der Waals surface area contributed by atoms with Crippen LogP contribution in [0.2, 0.25) is 0 Å². The monoisotopic (exact) mass is 238 g/mol. The van der Waals surface area contributed by atoms with Crippen LogP contribution in [0.4, 0.5) is 0 Å². The van der Waals surface area contributed by atoms with Gasteiger partial charge < -0.3 is 14.9 Å². The number of ether oxygens (including phenoxy) is 1. The molecule has 3 nitrogen and oxygen atoms in total. The Kier molecular flexibility index (Phi) is 6.86. The second-order valence-electron chi connectivity index (χ2n) is 4.37. The van der Waals surface area contributed by atoms with E-state index in [4.69, 9.17) is 9.84 Å². The van der Waals surface area contributed by atoms with E-state index in [0.717, 1.165) is 12.0 Å². The molecule has 17 heavy (non-hydrogen) atoms. The molecule has 1 rings (SSSR count). The molecule has 2 unspecified atom stereocenters. The van der Waals surface area contributed by atoms with E-state index < -0.39 is 0 Å². The molecule has 2 atom stereocenters. The van der Waals surface area contributed by atoms with Crippen molar-refractivity contribution in [3.05, 3.63) is 35.9 Å². The lowest BCUT2D eigenvalue weighted by atomic mass is 10.1. The lowest BCUT2D eigenvalue weighted by molar-refractivity contribution is 0.0000295. The van der Waals surface area contributed by atoms with Crippen LogP contribution in [-0.2, 0) is 11.3 Å². The Bertz CT molecular complexity index is 285. The van der Waals surface area contributed by atoms with Crippen LogP contribution in [0.1, 0.15) is 31.7 Å². The van der Waals surface area contributed by atoms with Gasteiger partial charge in [0.15, 0.2) is 0 Å².